The molecular formula is C57H100O6. The van der Waals surface area contributed by atoms with E-state index in [1.807, 2.05) is 0 Å². The van der Waals surface area contributed by atoms with Crippen molar-refractivity contribution >= 4 is 17.9 Å². The van der Waals surface area contributed by atoms with Crippen molar-refractivity contribution in [2.75, 3.05) is 13.2 Å². The Kier molecular flexibility index (Phi) is 49.4. The molecule has 0 aromatic rings. The molecule has 0 aromatic carbocycles. The number of rotatable bonds is 48. The molecule has 0 N–H and O–H groups in total. The average molecular weight is 881 g/mol. The Bertz CT molecular complexity index is 1150. The quantitative estimate of drug-likeness (QED) is 0.0199. The fourth-order valence-corrected chi connectivity index (χ4v) is 7.44. The molecule has 0 bridgehead atoms. The molecule has 0 amide bonds. The molecule has 0 aliphatic carbocycles. The Hall–Kier alpha value is -2.89. The van der Waals surface area contributed by atoms with Gasteiger partial charge in [0.1, 0.15) is 13.2 Å². The third-order valence-corrected chi connectivity index (χ3v) is 11.5. The molecule has 0 radical (unpaired) electrons. The van der Waals surface area contributed by atoms with Gasteiger partial charge in [-0.2, -0.15) is 0 Å². The predicted octanol–water partition coefficient (Wildman–Crippen LogP) is 17.6. The van der Waals surface area contributed by atoms with Gasteiger partial charge in [0.05, 0.1) is 0 Å². The summed E-state index contributed by atoms with van der Waals surface area (Å²) in [4.78, 5) is 37.9. The topological polar surface area (TPSA) is 78.9 Å². The van der Waals surface area contributed by atoms with Crippen molar-refractivity contribution in [1.82, 2.24) is 0 Å². The van der Waals surface area contributed by atoms with Crippen LogP contribution in [0.3, 0.4) is 0 Å². The molecular weight excluding hydrogens is 781 g/mol. The van der Waals surface area contributed by atoms with E-state index in [0.29, 0.717) is 25.7 Å². The fourth-order valence-electron chi connectivity index (χ4n) is 7.44. The third kappa shape index (κ3) is 50.0. The molecule has 1 atom stereocenters. The number of carbonyl (C=O) groups is 3. The van der Waals surface area contributed by atoms with E-state index in [2.05, 4.69) is 81.5 Å². The highest BCUT2D eigenvalue weighted by atomic mass is 16.6. The molecule has 0 rings (SSSR count). The SMILES string of the molecule is CCCCCC/C=C\CCCC(=O)OCC(COC(=O)CCCCCCC\C=C/C=C\C=C/CCCCCCC)OC(=O)CCCCCCC/C=C\CCCCCCCCCCC. The summed E-state index contributed by atoms with van der Waals surface area (Å²) in [5, 5.41) is 0. The number of unbranched alkanes of at least 4 members (excludes halogenated alkanes) is 29. The molecule has 0 saturated heterocycles. The van der Waals surface area contributed by atoms with E-state index in [1.54, 1.807) is 0 Å². The van der Waals surface area contributed by atoms with Crippen molar-refractivity contribution in [2.24, 2.45) is 0 Å². The summed E-state index contributed by atoms with van der Waals surface area (Å²) in [5.74, 6) is -0.954. The van der Waals surface area contributed by atoms with Crippen LogP contribution in [0.4, 0.5) is 0 Å². The van der Waals surface area contributed by atoms with E-state index in [0.717, 1.165) is 83.5 Å². The first-order valence-electron chi connectivity index (χ1n) is 26.8. The standard InChI is InChI=1S/C57H100O6/c1-4-7-10-13-16-19-21-23-25-27-29-31-33-35-38-41-44-47-50-56(59)62-53-54(52-61-55(58)49-46-43-40-37-18-15-12-9-6-3)63-57(60)51-48-45-42-39-36-34-32-30-28-26-24-22-20-17-14-11-8-5-2/h21,23,25,27,29-32,37,40,54H,4-20,22,24,26,28,33-36,38-39,41-53H2,1-3H3/b23-21-,27-25-,31-29-,32-30-,40-37-. The second kappa shape index (κ2) is 51.7. The van der Waals surface area contributed by atoms with Crippen LogP contribution in [0.25, 0.3) is 0 Å². The van der Waals surface area contributed by atoms with Crippen molar-refractivity contribution in [3.05, 3.63) is 60.8 Å². The van der Waals surface area contributed by atoms with E-state index in [4.69, 9.17) is 14.2 Å². The highest BCUT2D eigenvalue weighted by Gasteiger charge is 2.19. The lowest BCUT2D eigenvalue weighted by Crippen LogP contribution is -2.30. The normalized spacial score (nSPS) is 12.5. The van der Waals surface area contributed by atoms with Gasteiger partial charge in [0.15, 0.2) is 6.10 Å². The molecule has 6 heteroatoms. The molecule has 63 heavy (non-hydrogen) atoms. The van der Waals surface area contributed by atoms with E-state index < -0.39 is 6.10 Å². The van der Waals surface area contributed by atoms with Gasteiger partial charge in [-0.25, -0.2) is 0 Å². The number of hydrogen-bond donors (Lipinski definition) is 0. The minimum absolute atomic E-state index is 0.0963. The van der Waals surface area contributed by atoms with Gasteiger partial charge < -0.3 is 14.2 Å². The molecule has 0 aromatic heterocycles. The van der Waals surface area contributed by atoms with Crippen LogP contribution in [-0.2, 0) is 28.6 Å². The van der Waals surface area contributed by atoms with Gasteiger partial charge in [0.25, 0.3) is 0 Å². The van der Waals surface area contributed by atoms with E-state index >= 15 is 0 Å². The lowest BCUT2D eigenvalue weighted by Gasteiger charge is -2.18. The Morgan fingerprint density at radius 1 is 0.317 bits per heavy atom. The van der Waals surface area contributed by atoms with Crippen molar-refractivity contribution in [2.45, 2.75) is 271 Å². The van der Waals surface area contributed by atoms with Gasteiger partial charge in [-0.15, -0.1) is 0 Å². The van der Waals surface area contributed by atoms with Gasteiger partial charge in [-0.1, -0.05) is 216 Å². The molecule has 1 unspecified atom stereocenters. The maximum absolute atomic E-state index is 12.8. The number of carbonyl (C=O) groups excluding carboxylic acids is 3. The molecule has 0 spiro atoms. The predicted molar refractivity (Wildman–Crippen MR) is 270 cm³/mol. The van der Waals surface area contributed by atoms with Gasteiger partial charge >= 0.3 is 17.9 Å². The zero-order valence-corrected chi connectivity index (χ0v) is 41.6. The molecule has 0 fully saturated rings. The second-order valence-corrected chi connectivity index (χ2v) is 17.8. The average Bonchev–Trinajstić information content (AvgIpc) is 3.28. The van der Waals surface area contributed by atoms with Gasteiger partial charge in [-0.05, 0) is 89.9 Å². The largest absolute Gasteiger partial charge is 0.462 e. The summed E-state index contributed by atoms with van der Waals surface area (Å²) in [6.07, 6.45) is 63.6. The molecule has 0 saturated carbocycles. The number of esters is 3. The zero-order chi connectivity index (χ0) is 45.8. The van der Waals surface area contributed by atoms with E-state index in [-0.39, 0.29) is 31.1 Å². The summed E-state index contributed by atoms with van der Waals surface area (Å²) in [7, 11) is 0. The summed E-state index contributed by atoms with van der Waals surface area (Å²) in [6.45, 7) is 6.55. The van der Waals surface area contributed by atoms with Gasteiger partial charge in [0.2, 0.25) is 0 Å². The third-order valence-electron chi connectivity index (χ3n) is 11.5. The van der Waals surface area contributed by atoms with Crippen LogP contribution in [0, 0.1) is 0 Å². The number of ether oxygens (including phenoxy) is 3. The maximum atomic E-state index is 12.8. The smallest absolute Gasteiger partial charge is 0.306 e. The summed E-state index contributed by atoms with van der Waals surface area (Å²) < 4.78 is 16.7. The lowest BCUT2D eigenvalue weighted by atomic mass is 10.1. The highest BCUT2D eigenvalue weighted by molar-refractivity contribution is 5.71. The summed E-state index contributed by atoms with van der Waals surface area (Å²) in [5.41, 5.74) is 0. The summed E-state index contributed by atoms with van der Waals surface area (Å²) >= 11 is 0. The molecule has 0 heterocycles. The van der Waals surface area contributed by atoms with Crippen molar-refractivity contribution in [1.29, 1.82) is 0 Å². The first-order chi connectivity index (χ1) is 31.0. The number of allylic oxidation sites excluding steroid dienone is 10. The molecule has 0 aliphatic heterocycles. The Morgan fingerprint density at radius 3 is 1.00 bits per heavy atom. The number of hydrogen-bond acceptors (Lipinski definition) is 6. The Labute approximate surface area is 390 Å². The summed E-state index contributed by atoms with van der Waals surface area (Å²) in [6, 6.07) is 0. The van der Waals surface area contributed by atoms with E-state index in [9.17, 15) is 14.4 Å². The molecule has 364 valence electrons. The van der Waals surface area contributed by atoms with Crippen LogP contribution in [0.1, 0.15) is 265 Å². The lowest BCUT2D eigenvalue weighted by molar-refractivity contribution is -0.167. The zero-order valence-electron chi connectivity index (χ0n) is 41.6. The van der Waals surface area contributed by atoms with Gasteiger partial charge in [-0.3, -0.25) is 14.4 Å². The second-order valence-electron chi connectivity index (χ2n) is 17.8. The maximum Gasteiger partial charge on any atom is 0.306 e. The minimum atomic E-state index is -0.796. The Morgan fingerprint density at radius 2 is 0.603 bits per heavy atom. The van der Waals surface area contributed by atoms with Crippen LogP contribution in [0.15, 0.2) is 60.8 Å². The van der Waals surface area contributed by atoms with Crippen LogP contribution in [-0.4, -0.2) is 37.2 Å². The van der Waals surface area contributed by atoms with Crippen LogP contribution in [0.5, 0.6) is 0 Å². The van der Waals surface area contributed by atoms with Crippen molar-refractivity contribution in [3.8, 4) is 0 Å². The van der Waals surface area contributed by atoms with Crippen LogP contribution in [0.2, 0.25) is 0 Å². The van der Waals surface area contributed by atoms with Gasteiger partial charge in [0, 0.05) is 19.3 Å². The molecule has 6 nitrogen and oxygen atoms in total. The monoisotopic (exact) mass is 881 g/mol. The van der Waals surface area contributed by atoms with Crippen molar-refractivity contribution < 1.29 is 28.6 Å². The minimum Gasteiger partial charge on any atom is -0.462 e. The highest BCUT2D eigenvalue weighted by Crippen LogP contribution is 2.14. The molecule has 0 aliphatic rings. The first kappa shape index (κ1) is 60.1. The van der Waals surface area contributed by atoms with Crippen LogP contribution < -0.4 is 0 Å². The Balaban J connectivity index is 4.37. The fraction of sp³-hybridized carbons (Fsp3) is 0.772. The van der Waals surface area contributed by atoms with Crippen LogP contribution >= 0.6 is 0 Å². The van der Waals surface area contributed by atoms with E-state index in [1.165, 1.54) is 135 Å². The first-order valence-corrected chi connectivity index (χ1v) is 26.8. The van der Waals surface area contributed by atoms with Crippen molar-refractivity contribution in [3.63, 3.8) is 0 Å².